The van der Waals surface area contributed by atoms with Gasteiger partial charge >= 0.3 is 0 Å². The van der Waals surface area contributed by atoms with E-state index in [0.717, 1.165) is 22.3 Å². The van der Waals surface area contributed by atoms with Crippen molar-refractivity contribution in [2.24, 2.45) is 11.8 Å². The van der Waals surface area contributed by atoms with E-state index in [2.05, 4.69) is 15.9 Å². The second kappa shape index (κ2) is 6.36. The molecule has 3 aliphatic carbocycles. The van der Waals surface area contributed by atoms with Gasteiger partial charge in [0.2, 0.25) is 11.8 Å². The number of imide groups is 1. The van der Waals surface area contributed by atoms with Crippen molar-refractivity contribution in [2.45, 2.75) is 17.2 Å². The number of carbonyl (C=O) groups is 2. The molecule has 1 saturated heterocycles. The lowest BCUT2D eigenvalue weighted by Gasteiger charge is -2.51. The average Bonchev–Trinajstić information content (AvgIpc) is 3.06. The molecule has 1 heterocycles. The van der Waals surface area contributed by atoms with Crippen LogP contribution in [0, 0.1) is 28.9 Å². The number of hydrogen-bond acceptors (Lipinski definition) is 4. The predicted octanol–water partition coefficient (Wildman–Crippen LogP) is 4.81. The highest BCUT2D eigenvalue weighted by Crippen LogP contribution is 2.66. The normalized spacial score (nSPS) is 27.2. The average molecular weight is 489 g/mol. The van der Waals surface area contributed by atoms with Crippen molar-refractivity contribution in [3.63, 3.8) is 0 Å². The Morgan fingerprint density at radius 1 is 0.938 bits per heavy atom. The van der Waals surface area contributed by atoms with Crippen molar-refractivity contribution in [2.75, 3.05) is 4.90 Å². The molecule has 3 aromatic rings. The number of nitrogens with zero attached hydrogens (tertiary/aromatic N) is 2. The minimum absolute atomic E-state index is 0.149. The Morgan fingerprint density at radius 3 is 2.12 bits per heavy atom. The SMILES string of the molecule is Cc1ccc([N+](=O)[O-])cc1N1C(=O)[C@@H]2[C@@H](C1=O)C1c3ccccc3C2(Br)c2ccccc21. The van der Waals surface area contributed by atoms with E-state index in [0.29, 0.717) is 5.56 Å². The fourth-order valence-electron chi connectivity index (χ4n) is 5.87. The lowest BCUT2D eigenvalue weighted by Crippen LogP contribution is -2.50. The molecule has 1 fully saturated rings. The minimum Gasteiger partial charge on any atom is -0.274 e. The van der Waals surface area contributed by atoms with Crippen LogP contribution in [0.15, 0.2) is 66.7 Å². The highest BCUT2D eigenvalue weighted by Gasteiger charge is 2.67. The number of anilines is 1. The summed E-state index contributed by atoms with van der Waals surface area (Å²) in [6, 6.07) is 20.2. The third kappa shape index (κ3) is 2.19. The topological polar surface area (TPSA) is 80.5 Å². The highest BCUT2D eigenvalue weighted by molar-refractivity contribution is 9.09. The highest BCUT2D eigenvalue weighted by atomic mass is 79.9. The number of carbonyl (C=O) groups excluding carboxylic acids is 2. The first-order chi connectivity index (χ1) is 15.4. The molecule has 2 amide bonds. The standard InChI is InChI=1S/C25H17BrN2O4/c1-13-10-11-14(28(31)32)12-19(13)27-23(29)21-20-15-6-2-4-8-17(15)25(26,22(21)24(27)30)18-9-5-3-7-16(18)20/h2-12,20-22H,1H3/t20?,21-,22-,25?/m0/s1. The van der Waals surface area contributed by atoms with Crippen molar-refractivity contribution >= 4 is 39.1 Å². The van der Waals surface area contributed by atoms with Crippen molar-refractivity contribution < 1.29 is 14.5 Å². The van der Waals surface area contributed by atoms with Gasteiger partial charge in [0.05, 0.1) is 26.8 Å². The number of halogens is 1. The van der Waals surface area contributed by atoms with Crippen LogP contribution >= 0.6 is 15.9 Å². The molecule has 0 unspecified atom stereocenters. The summed E-state index contributed by atoms with van der Waals surface area (Å²) in [6.45, 7) is 1.75. The molecule has 2 bridgehead atoms. The molecule has 32 heavy (non-hydrogen) atoms. The van der Waals surface area contributed by atoms with E-state index in [4.69, 9.17) is 0 Å². The van der Waals surface area contributed by atoms with Crippen LogP contribution in [0.3, 0.4) is 0 Å². The van der Waals surface area contributed by atoms with Gasteiger partial charge in [0.25, 0.3) is 5.69 Å². The number of non-ortho nitro benzene ring substituents is 1. The molecule has 158 valence electrons. The van der Waals surface area contributed by atoms with Gasteiger partial charge in [-0.3, -0.25) is 19.7 Å². The van der Waals surface area contributed by atoms with Crippen LogP contribution in [0.25, 0.3) is 0 Å². The molecule has 0 saturated carbocycles. The second-order valence-electron chi connectivity index (χ2n) is 8.61. The van der Waals surface area contributed by atoms with Crippen LogP contribution in [-0.2, 0) is 13.9 Å². The zero-order chi connectivity index (χ0) is 22.4. The van der Waals surface area contributed by atoms with Gasteiger partial charge in [0, 0.05) is 18.1 Å². The Balaban J connectivity index is 1.60. The molecule has 0 aromatic heterocycles. The molecule has 0 N–H and O–H groups in total. The van der Waals surface area contributed by atoms with E-state index in [1.165, 1.54) is 17.0 Å². The Bertz CT molecular complexity index is 1320. The lowest BCUT2D eigenvalue weighted by molar-refractivity contribution is -0.384. The summed E-state index contributed by atoms with van der Waals surface area (Å²) in [7, 11) is 0. The van der Waals surface area contributed by atoms with Gasteiger partial charge in [0.15, 0.2) is 0 Å². The lowest BCUT2D eigenvalue weighted by atomic mass is 9.55. The second-order valence-corrected chi connectivity index (χ2v) is 9.86. The maximum Gasteiger partial charge on any atom is 0.271 e. The molecule has 0 spiro atoms. The molecule has 2 atom stereocenters. The molecule has 0 radical (unpaired) electrons. The zero-order valence-corrected chi connectivity index (χ0v) is 18.6. The number of benzene rings is 3. The fourth-order valence-corrected chi connectivity index (χ4v) is 7.07. The quantitative estimate of drug-likeness (QED) is 0.224. The molecule has 3 aromatic carbocycles. The van der Waals surface area contributed by atoms with Crippen LogP contribution in [0.2, 0.25) is 0 Å². The smallest absolute Gasteiger partial charge is 0.271 e. The maximum atomic E-state index is 13.9. The number of hydrogen-bond donors (Lipinski definition) is 0. The fraction of sp³-hybridized carbons (Fsp3) is 0.200. The van der Waals surface area contributed by atoms with E-state index in [1.807, 2.05) is 48.5 Å². The van der Waals surface area contributed by atoms with Gasteiger partial charge in [-0.25, -0.2) is 4.90 Å². The Kier molecular flexibility index (Phi) is 3.85. The summed E-state index contributed by atoms with van der Waals surface area (Å²) in [4.78, 5) is 39.8. The van der Waals surface area contributed by atoms with Gasteiger partial charge in [-0.15, -0.1) is 0 Å². The Morgan fingerprint density at radius 2 is 1.53 bits per heavy atom. The summed E-state index contributed by atoms with van der Waals surface area (Å²) in [5.74, 6) is -2.09. The summed E-state index contributed by atoms with van der Waals surface area (Å²) < 4.78 is -0.838. The van der Waals surface area contributed by atoms with Gasteiger partial charge < -0.3 is 0 Å². The molecule has 7 heteroatoms. The van der Waals surface area contributed by atoms with Gasteiger partial charge in [-0.05, 0) is 34.7 Å². The number of nitro groups is 1. The third-order valence-corrected chi connectivity index (χ3v) is 8.51. The zero-order valence-electron chi connectivity index (χ0n) is 17.0. The van der Waals surface area contributed by atoms with E-state index >= 15 is 0 Å². The van der Waals surface area contributed by atoms with Crippen LogP contribution in [0.5, 0.6) is 0 Å². The predicted molar refractivity (Wildman–Crippen MR) is 122 cm³/mol. The van der Waals surface area contributed by atoms with E-state index in [-0.39, 0.29) is 29.1 Å². The first-order valence-corrected chi connectivity index (χ1v) is 11.2. The third-order valence-electron chi connectivity index (χ3n) is 7.16. The van der Waals surface area contributed by atoms with Crippen molar-refractivity contribution in [3.05, 3.63) is 105 Å². The van der Waals surface area contributed by atoms with E-state index < -0.39 is 21.1 Å². The molecule has 1 aliphatic heterocycles. The van der Waals surface area contributed by atoms with Crippen molar-refractivity contribution in [1.82, 2.24) is 0 Å². The largest absolute Gasteiger partial charge is 0.274 e. The van der Waals surface area contributed by atoms with Crippen molar-refractivity contribution in [1.29, 1.82) is 0 Å². The number of rotatable bonds is 2. The summed E-state index contributed by atoms with van der Waals surface area (Å²) in [6.07, 6.45) is 0. The number of alkyl halides is 1. The summed E-state index contributed by atoms with van der Waals surface area (Å²) in [5.41, 5.74) is 4.87. The number of amides is 2. The molecule has 6 nitrogen and oxygen atoms in total. The number of aryl methyl sites for hydroxylation is 1. The number of nitro benzene ring substituents is 1. The molecule has 7 rings (SSSR count). The maximum absolute atomic E-state index is 13.9. The van der Waals surface area contributed by atoms with Gasteiger partial charge in [0.1, 0.15) is 0 Å². The first-order valence-electron chi connectivity index (χ1n) is 10.4. The summed E-state index contributed by atoms with van der Waals surface area (Å²) in [5, 5.41) is 11.4. The van der Waals surface area contributed by atoms with Crippen LogP contribution in [0.4, 0.5) is 11.4 Å². The minimum atomic E-state index is -0.838. The van der Waals surface area contributed by atoms with Gasteiger partial charge in [-0.1, -0.05) is 70.5 Å². The van der Waals surface area contributed by atoms with Crippen molar-refractivity contribution in [3.8, 4) is 0 Å². The van der Waals surface area contributed by atoms with E-state index in [1.54, 1.807) is 13.0 Å². The first kappa shape index (κ1) is 19.4. The summed E-state index contributed by atoms with van der Waals surface area (Å²) >= 11 is 3.95. The van der Waals surface area contributed by atoms with E-state index in [9.17, 15) is 19.7 Å². The Labute approximate surface area is 192 Å². The molecular formula is C25H17BrN2O4. The monoisotopic (exact) mass is 488 g/mol. The van der Waals surface area contributed by atoms with Gasteiger partial charge in [-0.2, -0.15) is 0 Å². The molecular weight excluding hydrogens is 472 g/mol. The van der Waals surface area contributed by atoms with Crippen LogP contribution in [-0.4, -0.2) is 16.7 Å². The Hall–Kier alpha value is -3.32. The van der Waals surface area contributed by atoms with Crippen LogP contribution in [0.1, 0.15) is 33.7 Å². The van der Waals surface area contributed by atoms with Crippen LogP contribution < -0.4 is 4.90 Å². The molecule has 4 aliphatic rings.